The summed E-state index contributed by atoms with van der Waals surface area (Å²) in [5, 5.41) is 6.74. The van der Waals surface area contributed by atoms with Gasteiger partial charge in [0.05, 0.1) is 18.2 Å². The molecule has 1 aromatic carbocycles. The Bertz CT molecular complexity index is 626. The van der Waals surface area contributed by atoms with E-state index in [4.69, 9.17) is 15.2 Å². The van der Waals surface area contributed by atoms with Gasteiger partial charge in [0.2, 0.25) is 0 Å². The highest BCUT2D eigenvalue weighted by Crippen LogP contribution is 2.34. The Morgan fingerprint density at radius 2 is 2.28 bits per heavy atom. The van der Waals surface area contributed by atoms with Crippen molar-refractivity contribution in [1.29, 1.82) is 0 Å². The number of carbonyl (C=O) groups excluding carboxylic acids is 1. The van der Waals surface area contributed by atoms with Gasteiger partial charge in [0.15, 0.2) is 12.6 Å². The summed E-state index contributed by atoms with van der Waals surface area (Å²) < 4.78 is 11.2. The van der Waals surface area contributed by atoms with E-state index in [1.54, 1.807) is 13.1 Å². The Kier molecular flexibility index (Phi) is 7.30. The van der Waals surface area contributed by atoms with E-state index in [9.17, 15) is 4.79 Å². The van der Waals surface area contributed by atoms with E-state index in [1.165, 1.54) is 6.42 Å². The van der Waals surface area contributed by atoms with Gasteiger partial charge in [-0.05, 0) is 37.0 Å². The predicted molar refractivity (Wildman–Crippen MR) is 106 cm³/mol. The standard InChI is InChI=1S/C17H24N4O3.HI/c1-19-17(21-14-8-13-5-6-15(14)24-13)20-9-11-3-2-4-12(7-11)23-10-16(18)22;/h2-4,7,13-15H,5-6,8-10H2,1H3,(H2,18,22)(H2,19,20,21);1H. The van der Waals surface area contributed by atoms with Crippen molar-refractivity contribution in [3.05, 3.63) is 29.8 Å². The van der Waals surface area contributed by atoms with Crippen molar-refractivity contribution >= 4 is 35.8 Å². The molecule has 2 bridgehead atoms. The average Bonchev–Trinajstić information content (AvgIpc) is 3.20. The van der Waals surface area contributed by atoms with Gasteiger partial charge in [-0.2, -0.15) is 0 Å². The summed E-state index contributed by atoms with van der Waals surface area (Å²) in [4.78, 5) is 15.1. The van der Waals surface area contributed by atoms with Crippen LogP contribution in [0.15, 0.2) is 29.3 Å². The van der Waals surface area contributed by atoms with Crippen LogP contribution in [0.5, 0.6) is 5.75 Å². The lowest BCUT2D eigenvalue weighted by Crippen LogP contribution is -2.47. The fraction of sp³-hybridized carbons (Fsp3) is 0.529. The molecule has 3 unspecified atom stereocenters. The molecule has 0 spiro atoms. The van der Waals surface area contributed by atoms with Crippen LogP contribution in [0.25, 0.3) is 0 Å². The molecule has 2 heterocycles. The highest BCUT2D eigenvalue weighted by Gasteiger charge is 2.41. The van der Waals surface area contributed by atoms with Crippen molar-refractivity contribution < 1.29 is 14.3 Å². The van der Waals surface area contributed by atoms with Gasteiger partial charge >= 0.3 is 0 Å². The third-order valence-electron chi connectivity index (χ3n) is 4.39. The number of ether oxygens (including phenoxy) is 2. The lowest BCUT2D eigenvalue weighted by molar-refractivity contribution is -0.119. The molecule has 3 rings (SSSR count). The average molecular weight is 460 g/mol. The van der Waals surface area contributed by atoms with Gasteiger partial charge in [0.1, 0.15) is 5.75 Å². The lowest BCUT2D eigenvalue weighted by Gasteiger charge is -2.22. The van der Waals surface area contributed by atoms with Crippen LogP contribution in [-0.2, 0) is 16.1 Å². The lowest BCUT2D eigenvalue weighted by atomic mass is 9.96. The molecule has 0 radical (unpaired) electrons. The number of carbonyl (C=O) groups is 1. The van der Waals surface area contributed by atoms with E-state index in [1.807, 2.05) is 18.2 Å². The van der Waals surface area contributed by atoms with Crippen LogP contribution in [0.2, 0.25) is 0 Å². The Morgan fingerprint density at radius 3 is 2.92 bits per heavy atom. The summed E-state index contributed by atoms with van der Waals surface area (Å²) in [6, 6.07) is 7.88. The van der Waals surface area contributed by atoms with Crippen LogP contribution in [-0.4, -0.2) is 43.8 Å². The van der Waals surface area contributed by atoms with E-state index in [0.29, 0.717) is 30.5 Å². The van der Waals surface area contributed by atoms with Crippen LogP contribution >= 0.6 is 24.0 Å². The van der Waals surface area contributed by atoms with E-state index >= 15 is 0 Å². The van der Waals surface area contributed by atoms with Gasteiger partial charge in [-0.1, -0.05) is 12.1 Å². The number of aliphatic imine (C=N–C) groups is 1. The van der Waals surface area contributed by atoms with Crippen LogP contribution in [0.1, 0.15) is 24.8 Å². The maximum atomic E-state index is 10.8. The number of hydrogen-bond donors (Lipinski definition) is 3. The smallest absolute Gasteiger partial charge is 0.255 e. The van der Waals surface area contributed by atoms with E-state index in [-0.39, 0.29) is 30.6 Å². The molecule has 2 aliphatic rings. The third-order valence-corrected chi connectivity index (χ3v) is 4.39. The fourth-order valence-electron chi connectivity index (χ4n) is 3.25. The number of amides is 1. The number of rotatable bonds is 6. The fourth-order valence-corrected chi connectivity index (χ4v) is 3.25. The summed E-state index contributed by atoms with van der Waals surface area (Å²) in [6.07, 6.45) is 4.05. The molecule has 2 saturated heterocycles. The molecular weight excluding hydrogens is 435 g/mol. The Morgan fingerprint density at radius 1 is 1.44 bits per heavy atom. The Balaban J connectivity index is 0.00000225. The minimum absolute atomic E-state index is 0. The summed E-state index contributed by atoms with van der Waals surface area (Å²) in [5.41, 5.74) is 6.12. The zero-order chi connectivity index (χ0) is 16.9. The van der Waals surface area contributed by atoms with Gasteiger partial charge in [0.25, 0.3) is 5.91 Å². The number of nitrogens with two attached hydrogens (primary N) is 1. The molecule has 2 aliphatic heterocycles. The molecule has 1 amide bonds. The summed E-state index contributed by atoms with van der Waals surface area (Å²) >= 11 is 0. The van der Waals surface area contributed by atoms with E-state index in [2.05, 4.69) is 15.6 Å². The number of guanidine groups is 1. The Hall–Kier alpha value is -1.55. The number of hydrogen-bond acceptors (Lipinski definition) is 4. The number of nitrogens with one attached hydrogen (secondary N) is 2. The molecule has 0 aromatic heterocycles. The van der Waals surface area contributed by atoms with Gasteiger partial charge in [0, 0.05) is 13.6 Å². The normalized spacial score (nSPS) is 24.5. The number of fused-ring (bicyclic) bond motifs is 2. The largest absolute Gasteiger partial charge is 0.484 e. The highest BCUT2D eigenvalue weighted by atomic mass is 127. The Labute approximate surface area is 164 Å². The van der Waals surface area contributed by atoms with Crippen molar-refractivity contribution in [2.45, 2.75) is 44.1 Å². The van der Waals surface area contributed by atoms with Crippen molar-refractivity contribution in [2.24, 2.45) is 10.7 Å². The highest BCUT2D eigenvalue weighted by molar-refractivity contribution is 14.0. The number of primary amides is 1. The van der Waals surface area contributed by atoms with Crippen molar-refractivity contribution in [2.75, 3.05) is 13.7 Å². The molecule has 25 heavy (non-hydrogen) atoms. The molecular formula is C17H25IN4O3. The predicted octanol–water partition coefficient (Wildman–Crippen LogP) is 1.15. The monoisotopic (exact) mass is 460 g/mol. The molecule has 7 nitrogen and oxygen atoms in total. The molecule has 1 aromatic rings. The van der Waals surface area contributed by atoms with Crippen molar-refractivity contribution in [1.82, 2.24) is 10.6 Å². The number of nitrogens with zero attached hydrogens (tertiary/aromatic N) is 1. The van der Waals surface area contributed by atoms with E-state index in [0.717, 1.165) is 24.4 Å². The van der Waals surface area contributed by atoms with Crippen molar-refractivity contribution in [3.63, 3.8) is 0 Å². The maximum Gasteiger partial charge on any atom is 0.255 e. The van der Waals surface area contributed by atoms with Crippen LogP contribution in [0, 0.1) is 0 Å². The quantitative estimate of drug-likeness (QED) is 0.336. The van der Waals surface area contributed by atoms with E-state index < -0.39 is 5.91 Å². The zero-order valence-electron chi connectivity index (χ0n) is 14.2. The maximum absolute atomic E-state index is 10.8. The molecule has 3 atom stereocenters. The zero-order valence-corrected chi connectivity index (χ0v) is 16.6. The summed E-state index contributed by atoms with van der Waals surface area (Å²) in [6.45, 7) is 0.486. The molecule has 138 valence electrons. The minimum Gasteiger partial charge on any atom is -0.484 e. The second kappa shape index (κ2) is 9.23. The first-order valence-electron chi connectivity index (χ1n) is 8.26. The molecule has 2 fully saturated rings. The molecule has 8 heteroatoms. The van der Waals surface area contributed by atoms with Gasteiger partial charge in [-0.3, -0.25) is 9.79 Å². The molecule has 0 saturated carbocycles. The van der Waals surface area contributed by atoms with Gasteiger partial charge in [-0.25, -0.2) is 0 Å². The second-order valence-electron chi connectivity index (χ2n) is 6.19. The second-order valence-corrected chi connectivity index (χ2v) is 6.19. The van der Waals surface area contributed by atoms with Gasteiger partial charge in [-0.15, -0.1) is 24.0 Å². The van der Waals surface area contributed by atoms with Crippen molar-refractivity contribution in [3.8, 4) is 5.75 Å². The van der Waals surface area contributed by atoms with Gasteiger partial charge < -0.3 is 25.8 Å². The molecule has 0 aliphatic carbocycles. The number of halogens is 1. The summed E-state index contributed by atoms with van der Waals surface area (Å²) in [5.74, 6) is 0.897. The first-order chi connectivity index (χ1) is 11.6. The number of benzene rings is 1. The van der Waals surface area contributed by atoms with Crippen LogP contribution in [0.4, 0.5) is 0 Å². The first kappa shape index (κ1) is 19.8. The minimum atomic E-state index is -0.490. The molecule has 4 N–H and O–H groups in total. The topological polar surface area (TPSA) is 98.0 Å². The SMILES string of the molecule is CN=C(NCc1cccc(OCC(N)=O)c1)NC1CC2CCC1O2.I. The van der Waals surface area contributed by atoms with Crippen LogP contribution in [0.3, 0.4) is 0 Å². The van der Waals surface area contributed by atoms with Crippen LogP contribution < -0.4 is 21.1 Å². The third kappa shape index (κ3) is 5.46. The first-order valence-corrected chi connectivity index (χ1v) is 8.26. The summed E-state index contributed by atoms with van der Waals surface area (Å²) in [7, 11) is 1.76.